The van der Waals surface area contributed by atoms with Gasteiger partial charge in [0.15, 0.2) is 0 Å². The van der Waals surface area contributed by atoms with Crippen LogP contribution >= 0.6 is 0 Å². The molecule has 10 nitrogen and oxygen atoms in total. The van der Waals surface area contributed by atoms with Crippen LogP contribution in [0.25, 0.3) is 0 Å². The van der Waals surface area contributed by atoms with E-state index in [1.165, 1.54) is 21.1 Å². The zero-order valence-electron chi connectivity index (χ0n) is 16.5. The summed E-state index contributed by atoms with van der Waals surface area (Å²) in [5, 5.41) is 0. The Morgan fingerprint density at radius 3 is 2.38 bits per heavy atom. The molecule has 0 radical (unpaired) electrons. The molecule has 3 amide bonds. The van der Waals surface area contributed by atoms with Crippen molar-refractivity contribution in [1.29, 1.82) is 0 Å². The number of rotatable bonds is 5. The lowest BCUT2D eigenvalue weighted by Gasteiger charge is -2.35. The number of carbonyl (C=O) groups is 3. The Balaban J connectivity index is 1.60. The summed E-state index contributed by atoms with van der Waals surface area (Å²) in [5.41, 5.74) is 5.37. The molecule has 1 aromatic heterocycles. The minimum Gasteiger partial charge on any atom is -0.364 e. The van der Waals surface area contributed by atoms with E-state index in [0.717, 1.165) is 19.3 Å². The van der Waals surface area contributed by atoms with Crippen LogP contribution in [-0.4, -0.2) is 84.1 Å². The number of carbonyl (C=O) groups excluding carboxylic acids is 3. The predicted molar refractivity (Wildman–Crippen MR) is 104 cm³/mol. The third-order valence-electron chi connectivity index (χ3n) is 5.46. The minimum absolute atomic E-state index is 0.00346. The first-order valence-corrected chi connectivity index (χ1v) is 11.2. The molecule has 1 aromatic rings. The van der Waals surface area contributed by atoms with E-state index < -0.39 is 15.9 Å². The Kier molecular flexibility index (Phi) is 6.27. The number of hydrogen-bond donors (Lipinski definition) is 1. The Labute approximate surface area is 170 Å². The van der Waals surface area contributed by atoms with Crippen LogP contribution in [0.1, 0.15) is 36.2 Å². The predicted octanol–water partition coefficient (Wildman–Crippen LogP) is -0.640. The second kappa shape index (κ2) is 8.54. The van der Waals surface area contributed by atoms with Crippen molar-refractivity contribution in [2.24, 2.45) is 12.8 Å². The molecular weight excluding hydrogens is 398 g/mol. The average molecular weight is 426 g/mol. The number of likely N-dealkylation sites (tertiary alicyclic amines) is 1. The molecule has 29 heavy (non-hydrogen) atoms. The molecule has 3 heterocycles. The van der Waals surface area contributed by atoms with Crippen molar-refractivity contribution in [2.75, 3.05) is 39.3 Å². The number of nitrogens with two attached hydrogens (primary N) is 1. The summed E-state index contributed by atoms with van der Waals surface area (Å²) < 4.78 is 28.4. The molecule has 0 unspecified atom stereocenters. The first-order valence-electron chi connectivity index (χ1n) is 9.72. The van der Waals surface area contributed by atoms with Crippen LogP contribution in [0.3, 0.4) is 0 Å². The van der Waals surface area contributed by atoms with Crippen LogP contribution in [0, 0.1) is 0 Å². The van der Waals surface area contributed by atoms with Crippen LogP contribution in [0.15, 0.2) is 17.2 Å². The third-order valence-corrected chi connectivity index (χ3v) is 7.32. The highest BCUT2D eigenvalue weighted by Gasteiger charge is 2.32. The van der Waals surface area contributed by atoms with E-state index in [-0.39, 0.29) is 55.1 Å². The average Bonchev–Trinajstić information content (AvgIpc) is 2.98. The summed E-state index contributed by atoms with van der Waals surface area (Å²) in [7, 11) is -2.23. The van der Waals surface area contributed by atoms with Gasteiger partial charge in [0, 0.05) is 52.4 Å². The van der Waals surface area contributed by atoms with Crippen LogP contribution < -0.4 is 5.73 Å². The molecule has 0 aromatic carbocycles. The zero-order valence-corrected chi connectivity index (χ0v) is 17.4. The Morgan fingerprint density at radius 2 is 1.76 bits per heavy atom. The quantitative estimate of drug-likeness (QED) is 0.672. The SMILES string of the molecule is Cn1cc(S(=O)(=O)N2CCN(C(=O)CN3CCCCCC3=O)CC2)cc1C(N)=O. The number of aryl methyl sites for hydroxylation is 1. The number of primary amides is 1. The van der Waals surface area contributed by atoms with Crippen LogP contribution in [0.4, 0.5) is 0 Å². The van der Waals surface area contributed by atoms with Gasteiger partial charge in [-0.25, -0.2) is 8.42 Å². The normalized spacial score (nSPS) is 19.3. The summed E-state index contributed by atoms with van der Waals surface area (Å²) in [5.74, 6) is -0.855. The van der Waals surface area contributed by atoms with E-state index in [1.807, 2.05) is 0 Å². The molecule has 160 valence electrons. The summed E-state index contributed by atoms with van der Waals surface area (Å²) in [4.78, 5) is 39.3. The number of nitrogens with zero attached hydrogens (tertiary/aromatic N) is 4. The molecule has 2 N–H and O–H groups in total. The fourth-order valence-electron chi connectivity index (χ4n) is 3.72. The van der Waals surface area contributed by atoms with Crippen molar-refractivity contribution in [2.45, 2.75) is 30.6 Å². The maximum absolute atomic E-state index is 12.9. The molecule has 2 fully saturated rings. The van der Waals surface area contributed by atoms with Gasteiger partial charge in [-0.2, -0.15) is 4.31 Å². The minimum atomic E-state index is -3.78. The van der Waals surface area contributed by atoms with Crippen molar-refractivity contribution in [3.63, 3.8) is 0 Å². The molecule has 2 aliphatic rings. The molecule has 3 rings (SSSR count). The van der Waals surface area contributed by atoms with Crippen LogP contribution in [0.5, 0.6) is 0 Å². The second-order valence-electron chi connectivity index (χ2n) is 7.45. The third kappa shape index (κ3) is 4.61. The molecule has 2 saturated heterocycles. The Hall–Kier alpha value is -2.40. The summed E-state index contributed by atoms with van der Waals surface area (Å²) in [6.45, 7) is 1.47. The number of sulfonamides is 1. The summed E-state index contributed by atoms with van der Waals surface area (Å²) in [6, 6.07) is 1.26. The van der Waals surface area contributed by atoms with E-state index in [0.29, 0.717) is 13.0 Å². The molecule has 0 bridgehead atoms. The van der Waals surface area contributed by atoms with Gasteiger partial charge in [-0.1, -0.05) is 6.42 Å². The molecule has 0 atom stereocenters. The highest BCUT2D eigenvalue weighted by Crippen LogP contribution is 2.20. The highest BCUT2D eigenvalue weighted by molar-refractivity contribution is 7.89. The monoisotopic (exact) mass is 425 g/mol. The molecule has 0 spiro atoms. The smallest absolute Gasteiger partial charge is 0.265 e. The van der Waals surface area contributed by atoms with E-state index in [9.17, 15) is 22.8 Å². The highest BCUT2D eigenvalue weighted by atomic mass is 32.2. The van der Waals surface area contributed by atoms with Crippen molar-refractivity contribution >= 4 is 27.7 Å². The lowest BCUT2D eigenvalue weighted by Crippen LogP contribution is -2.53. The number of piperazine rings is 1. The van der Waals surface area contributed by atoms with Crippen LogP contribution in [-0.2, 0) is 26.7 Å². The van der Waals surface area contributed by atoms with E-state index >= 15 is 0 Å². The van der Waals surface area contributed by atoms with Gasteiger partial charge in [0.05, 0.1) is 6.54 Å². The number of aromatic nitrogens is 1. The van der Waals surface area contributed by atoms with Gasteiger partial charge in [0.25, 0.3) is 5.91 Å². The van der Waals surface area contributed by atoms with Gasteiger partial charge in [0.2, 0.25) is 21.8 Å². The van der Waals surface area contributed by atoms with Crippen molar-refractivity contribution in [3.05, 3.63) is 18.0 Å². The van der Waals surface area contributed by atoms with Gasteiger partial charge in [-0.15, -0.1) is 0 Å². The van der Waals surface area contributed by atoms with Crippen molar-refractivity contribution in [3.8, 4) is 0 Å². The maximum Gasteiger partial charge on any atom is 0.265 e. The fourth-order valence-corrected chi connectivity index (χ4v) is 5.21. The molecular formula is C18H27N5O5S. The molecule has 2 aliphatic heterocycles. The largest absolute Gasteiger partial charge is 0.364 e. The van der Waals surface area contributed by atoms with Gasteiger partial charge in [-0.3, -0.25) is 14.4 Å². The summed E-state index contributed by atoms with van der Waals surface area (Å²) in [6.07, 6.45) is 4.58. The Morgan fingerprint density at radius 1 is 1.07 bits per heavy atom. The molecule has 0 saturated carbocycles. The van der Waals surface area contributed by atoms with Crippen molar-refractivity contribution in [1.82, 2.24) is 18.7 Å². The molecule has 0 aliphatic carbocycles. The van der Waals surface area contributed by atoms with E-state index in [1.54, 1.807) is 16.8 Å². The zero-order chi connectivity index (χ0) is 21.2. The van der Waals surface area contributed by atoms with Gasteiger partial charge < -0.3 is 20.1 Å². The van der Waals surface area contributed by atoms with Gasteiger partial charge in [-0.05, 0) is 18.9 Å². The van der Waals surface area contributed by atoms with Gasteiger partial charge in [0.1, 0.15) is 10.6 Å². The second-order valence-corrected chi connectivity index (χ2v) is 9.38. The first kappa shape index (κ1) is 21.3. The lowest BCUT2D eigenvalue weighted by molar-refractivity contribution is -0.140. The lowest BCUT2D eigenvalue weighted by atomic mass is 10.2. The standard InChI is InChI=1S/C18H27N5O5S/c1-20-12-14(11-15(20)18(19)26)29(27,28)23-9-7-21(8-10-23)17(25)13-22-6-4-2-3-5-16(22)24/h11-12H,2-10,13H2,1H3,(H2,19,26). The topological polar surface area (TPSA) is 126 Å². The van der Waals surface area contributed by atoms with Crippen LogP contribution in [0.2, 0.25) is 0 Å². The fraction of sp³-hybridized carbons (Fsp3) is 0.611. The first-order chi connectivity index (χ1) is 13.7. The number of amides is 3. The molecule has 11 heteroatoms. The number of hydrogen-bond acceptors (Lipinski definition) is 5. The summed E-state index contributed by atoms with van der Waals surface area (Å²) >= 11 is 0. The maximum atomic E-state index is 12.9. The Bertz CT molecular complexity index is 902. The van der Waals surface area contributed by atoms with E-state index in [4.69, 9.17) is 5.73 Å². The van der Waals surface area contributed by atoms with Crippen molar-refractivity contribution < 1.29 is 22.8 Å². The van der Waals surface area contributed by atoms with E-state index in [2.05, 4.69) is 0 Å². The van der Waals surface area contributed by atoms with Gasteiger partial charge >= 0.3 is 0 Å².